The summed E-state index contributed by atoms with van der Waals surface area (Å²) in [6, 6.07) is 0.471. The lowest BCUT2D eigenvalue weighted by Gasteiger charge is -2.63. The lowest BCUT2D eigenvalue weighted by atomic mass is 9.58. The molecule has 0 aromatic heterocycles. The van der Waals surface area contributed by atoms with Gasteiger partial charge in [0.05, 0.1) is 18.8 Å². The van der Waals surface area contributed by atoms with Gasteiger partial charge in [0.2, 0.25) is 0 Å². The SMILES string of the molecule is CC[C@@]1(C)C2=CN(C(C(C)N3CCOCC3)=C1C)[C@@]2(C)CC. The summed E-state index contributed by atoms with van der Waals surface area (Å²) in [7, 11) is 0. The summed E-state index contributed by atoms with van der Waals surface area (Å²) in [5, 5.41) is 0. The van der Waals surface area contributed by atoms with Crippen LogP contribution in [0.2, 0.25) is 0 Å². The first-order valence-corrected chi connectivity index (χ1v) is 8.95. The van der Waals surface area contributed by atoms with Crippen molar-refractivity contribution in [3.8, 4) is 0 Å². The smallest absolute Gasteiger partial charge is 0.0649 e. The van der Waals surface area contributed by atoms with Gasteiger partial charge in [0.1, 0.15) is 0 Å². The van der Waals surface area contributed by atoms with Crippen molar-refractivity contribution in [2.24, 2.45) is 5.41 Å². The lowest BCUT2D eigenvalue weighted by molar-refractivity contribution is 0.0127. The van der Waals surface area contributed by atoms with Gasteiger partial charge in [0.15, 0.2) is 0 Å². The summed E-state index contributed by atoms with van der Waals surface area (Å²) < 4.78 is 5.54. The molecule has 0 radical (unpaired) electrons. The first-order valence-electron chi connectivity index (χ1n) is 8.95. The van der Waals surface area contributed by atoms with E-state index in [4.69, 9.17) is 4.74 Å². The molecular formula is C19H32N2O. The van der Waals surface area contributed by atoms with E-state index in [-0.39, 0.29) is 11.0 Å². The Bertz CT molecular complexity index is 518. The van der Waals surface area contributed by atoms with Crippen molar-refractivity contribution in [3.05, 3.63) is 23.0 Å². The van der Waals surface area contributed by atoms with Crippen LogP contribution >= 0.6 is 0 Å². The number of hydrogen-bond acceptors (Lipinski definition) is 3. The summed E-state index contributed by atoms with van der Waals surface area (Å²) in [6.07, 6.45) is 4.81. The quantitative estimate of drug-likeness (QED) is 0.786. The van der Waals surface area contributed by atoms with E-state index in [0.717, 1.165) is 26.3 Å². The maximum absolute atomic E-state index is 5.54. The van der Waals surface area contributed by atoms with Crippen LogP contribution < -0.4 is 0 Å². The van der Waals surface area contributed by atoms with Crippen LogP contribution in [0, 0.1) is 5.41 Å². The van der Waals surface area contributed by atoms with Crippen LogP contribution in [0.25, 0.3) is 0 Å². The van der Waals surface area contributed by atoms with Crippen LogP contribution in [0.15, 0.2) is 23.0 Å². The zero-order valence-corrected chi connectivity index (χ0v) is 15.2. The highest BCUT2D eigenvalue weighted by molar-refractivity contribution is 5.51. The van der Waals surface area contributed by atoms with Gasteiger partial charge in [-0.1, -0.05) is 20.8 Å². The summed E-state index contributed by atoms with van der Waals surface area (Å²) in [4.78, 5) is 5.17. The van der Waals surface area contributed by atoms with Gasteiger partial charge < -0.3 is 9.64 Å². The molecule has 4 heterocycles. The van der Waals surface area contributed by atoms with Crippen LogP contribution in [0.3, 0.4) is 0 Å². The molecule has 22 heavy (non-hydrogen) atoms. The van der Waals surface area contributed by atoms with Gasteiger partial charge in [-0.2, -0.15) is 0 Å². The maximum Gasteiger partial charge on any atom is 0.0649 e. The average Bonchev–Trinajstić information content (AvgIpc) is 2.55. The zero-order chi connectivity index (χ0) is 16.1. The summed E-state index contributed by atoms with van der Waals surface area (Å²) in [5.41, 5.74) is 5.22. The van der Waals surface area contributed by atoms with Crippen molar-refractivity contribution in [3.63, 3.8) is 0 Å². The third kappa shape index (κ3) is 1.94. The van der Waals surface area contributed by atoms with E-state index >= 15 is 0 Å². The molecule has 0 aliphatic carbocycles. The highest BCUT2D eigenvalue weighted by Gasteiger charge is 2.56. The predicted molar refractivity (Wildman–Crippen MR) is 91.6 cm³/mol. The lowest BCUT2D eigenvalue weighted by Crippen LogP contribution is -2.63. The van der Waals surface area contributed by atoms with Crippen LogP contribution in [0.4, 0.5) is 0 Å². The Morgan fingerprint density at radius 3 is 2.36 bits per heavy atom. The largest absolute Gasteiger partial charge is 0.379 e. The monoisotopic (exact) mass is 304 g/mol. The Hall–Kier alpha value is -0.800. The number of allylic oxidation sites excluding steroid dienone is 1. The summed E-state index contributed by atoms with van der Waals surface area (Å²) in [6.45, 7) is 18.1. The molecule has 4 aliphatic heterocycles. The number of nitrogens with zero attached hydrogens (tertiary/aromatic N) is 2. The fraction of sp³-hybridized carbons (Fsp3) is 0.789. The van der Waals surface area contributed by atoms with Gasteiger partial charge in [0, 0.05) is 36.4 Å². The average molecular weight is 304 g/mol. The minimum atomic E-state index is 0.222. The molecule has 0 spiro atoms. The van der Waals surface area contributed by atoms with E-state index in [2.05, 4.69) is 57.5 Å². The number of morpholine rings is 1. The molecule has 3 atom stereocenters. The molecule has 3 nitrogen and oxygen atoms in total. The first kappa shape index (κ1) is 16.1. The van der Waals surface area contributed by atoms with Gasteiger partial charge in [-0.25, -0.2) is 0 Å². The normalized spacial score (nSPS) is 37.0. The second-order valence-corrected chi connectivity index (χ2v) is 7.56. The molecular weight excluding hydrogens is 272 g/mol. The topological polar surface area (TPSA) is 15.7 Å². The number of rotatable bonds is 4. The fourth-order valence-corrected chi connectivity index (χ4v) is 4.68. The van der Waals surface area contributed by atoms with Crippen LogP contribution in [-0.4, -0.2) is 47.7 Å². The van der Waals surface area contributed by atoms with Crippen molar-refractivity contribution >= 4 is 0 Å². The number of ether oxygens (including phenoxy) is 1. The van der Waals surface area contributed by atoms with Crippen molar-refractivity contribution in [2.45, 2.75) is 66.0 Å². The second kappa shape index (κ2) is 5.38. The van der Waals surface area contributed by atoms with Gasteiger partial charge in [0.25, 0.3) is 0 Å². The van der Waals surface area contributed by atoms with E-state index < -0.39 is 0 Å². The molecule has 124 valence electrons. The standard InChI is InChI=1S/C19H32N2O/c1-7-18(5)14(3)17(15(4)20-9-11-22-12-10-20)21-13-16(18)19(21,6)8-2/h13,15H,7-12H2,1-6H3/t15?,18-,19+/m1/s1. The first-order chi connectivity index (χ1) is 10.4. The van der Waals surface area contributed by atoms with E-state index in [1.165, 1.54) is 12.8 Å². The Morgan fingerprint density at radius 1 is 1.18 bits per heavy atom. The molecule has 4 rings (SSSR count). The molecule has 0 N–H and O–H groups in total. The highest BCUT2D eigenvalue weighted by Crippen LogP contribution is 2.59. The molecule has 3 heteroatoms. The molecule has 1 saturated heterocycles. The summed E-state index contributed by atoms with van der Waals surface area (Å²) >= 11 is 0. The van der Waals surface area contributed by atoms with Gasteiger partial charge in [-0.3, -0.25) is 4.90 Å². The zero-order valence-electron chi connectivity index (χ0n) is 15.2. The van der Waals surface area contributed by atoms with Gasteiger partial charge in [-0.15, -0.1) is 0 Å². The maximum atomic E-state index is 5.54. The Balaban J connectivity index is 1.99. The molecule has 0 aromatic carbocycles. The predicted octanol–water partition coefficient (Wildman–Crippen LogP) is 3.78. The molecule has 0 saturated carbocycles. The molecule has 1 unspecified atom stereocenters. The van der Waals surface area contributed by atoms with E-state index in [1.54, 1.807) is 16.8 Å². The van der Waals surface area contributed by atoms with Crippen molar-refractivity contribution < 1.29 is 4.74 Å². The third-order valence-electron chi connectivity index (χ3n) is 6.82. The van der Waals surface area contributed by atoms with E-state index in [1.807, 2.05) is 0 Å². The molecule has 1 fully saturated rings. The van der Waals surface area contributed by atoms with Crippen molar-refractivity contribution in [2.75, 3.05) is 26.3 Å². The minimum Gasteiger partial charge on any atom is -0.379 e. The molecule has 2 bridgehead atoms. The number of hydrogen-bond donors (Lipinski definition) is 0. The molecule has 0 amide bonds. The van der Waals surface area contributed by atoms with E-state index in [9.17, 15) is 0 Å². The third-order valence-corrected chi connectivity index (χ3v) is 6.82. The van der Waals surface area contributed by atoms with Crippen LogP contribution in [-0.2, 0) is 4.74 Å². The Kier molecular flexibility index (Phi) is 3.93. The Labute approximate surface area is 136 Å². The van der Waals surface area contributed by atoms with Gasteiger partial charge >= 0.3 is 0 Å². The summed E-state index contributed by atoms with van der Waals surface area (Å²) in [5.74, 6) is 0. The fourth-order valence-electron chi connectivity index (χ4n) is 4.68. The van der Waals surface area contributed by atoms with Crippen molar-refractivity contribution in [1.82, 2.24) is 9.80 Å². The minimum absolute atomic E-state index is 0.222. The van der Waals surface area contributed by atoms with E-state index in [0.29, 0.717) is 6.04 Å². The molecule has 4 aliphatic rings. The van der Waals surface area contributed by atoms with Crippen LogP contribution in [0.5, 0.6) is 0 Å². The van der Waals surface area contributed by atoms with Crippen molar-refractivity contribution in [1.29, 1.82) is 0 Å². The highest BCUT2D eigenvalue weighted by atomic mass is 16.5. The molecule has 0 aromatic rings. The number of fused-ring (bicyclic) bond motifs is 1. The van der Waals surface area contributed by atoms with Gasteiger partial charge in [-0.05, 0) is 44.8 Å². The Morgan fingerprint density at radius 2 is 1.82 bits per heavy atom. The van der Waals surface area contributed by atoms with Crippen LogP contribution in [0.1, 0.15) is 54.4 Å². The second-order valence-electron chi connectivity index (χ2n) is 7.56.